The standard InChI is InChI=1S/C23H20ClNO3/c1-15-10-11-18(12-16(15)2)23(27)17-6-5-7-19(13-17)25-22(26)14-28-21-9-4-3-8-20(21)24/h3-13H,14H2,1-2H3,(H,25,26). The molecule has 0 radical (unpaired) electrons. The highest BCUT2D eigenvalue weighted by molar-refractivity contribution is 6.32. The van der Waals surface area contributed by atoms with Gasteiger partial charge in [0.15, 0.2) is 12.4 Å². The van der Waals surface area contributed by atoms with Crippen LogP contribution < -0.4 is 10.1 Å². The lowest BCUT2D eigenvalue weighted by Crippen LogP contribution is -2.20. The van der Waals surface area contributed by atoms with Crippen LogP contribution in [0.25, 0.3) is 0 Å². The second kappa shape index (κ2) is 8.72. The molecule has 0 spiro atoms. The molecule has 1 N–H and O–H groups in total. The van der Waals surface area contributed by atoms with E-state index in [0.29, 0.717) is 27.6 Å². The Balaban J connectivity index is 1.67. The van der Waals surface area contributed by atoms with E-state index in [1.807, 2.05) is 32.0 Å². The first-order valence-electron chi connectivity index (χ1n) is 8.83. The van der Waals surface area contributed by atoms with Gasteiger partial charge >= 0.3 is 0 Å². The Kier molecular flexibility index (Phi) is 6.12. The van der Waals surface area contributed by atoms with Gasteiger partial charge < -0.3 is 10.1 Å². The van der Waals surface area contributed by atoms with Gasteiger partial charge in [-0.25, -0.2) is 0 Å². The zero-order chi connectivity index (χ0) is 20.1. The van der Waals surface area contributed by atoms with E-state index in [9.17, 15) is 9.59 Å². The molecule has 5 heteroatoms. The molecule has 0 bridgehead atoms. The maximum atomic E-state index is 12.7. The molecule has 0 fully saturated rings. The minimum Gasteiger partial charge on any atom is -0.482 e. The topological polar surface area (TPSA) is 55.4 Å². The highest BCUT2D eigenvalue weighted by Gasteiger charge is 2.12. The van der Waals surface area contributed by atoms with Crippen LogP contribution in [0.4, 0.5) is 5.69 Å². The molecular weight excluding hydrogens is 374 g/mol. The number of halogens is 1. The van der Waals surface area contributed by atoms with Crippen LogP contribution in [0, 0.1) is 13.8 Å². The minimum atomic E-state index is -0.337. The van der Waals surface area contributed by atoms with Gasteiger partial charge in [-0.1, -0.05) is 48.0 Å². The lowest BCUT2D eigenvalue weighted by molar-refractivity contribution is -0.118. The summed E-state index contributed by atoms with van der Waals surface area (Å²) in [5.41, 5.74) is 3.85. The Labute approximate surface area is 169 Å². The number of ether oxygens (including phenoxy) is 1. The molecule has 3 rings (SSSR count). The number of carbonyl (C=O) groups is 2. The van der Waals surface area contributed by atoms with Crippen molar-refractivity contribution < 1.29 is 14.3 Å². The second-order valence-corrected chi connectivity index (χ2v) is 6.88. The number of hydrogen-bond donors (Lipinski definition) is 1. The number of nitrogens with one attached hydrogen (secondary N) is 1. The average molecular weight is 394 g/mol. The van der Waals surface area contributed by atoms with Gasteiger partial charge in [-0.15, -0.1) is 0 Å². The maximum Gasteiger partial charge on any atom is 0.262 e. The quantitative estimate of drug-likeness (QED) is 0.585. The van der Waals surface area contributed by atoms with Gasteiger partial charge in [0, 0.05) is 16.8 Å². The number of ketones is 1. The Hall–Kier alpha value is -3.11. The van der Waals surface area contributed by atoms with Gasteiger partial charge in [0.2, 0.25) is 0 Å². The molecule has 0 aliphatic heterocycles. The van der Waals surface area contributed by atoms with Crippen molar-refractivity contribution in [1.82, 2.24) is 0 Å². The summed E-state index contributed by atoms with van der Waals surface area (Å²) in [6.07, 6.45) is 0. The SMILES string of the molecule is Cc1ccc(C(=O)c2cccc(NC(=O)COc3ccccc3Cl)c2)cc1C. The number of benzene rings is 3. The molecule has 0 aliphatic rings. The summed E-state index contributed by atoms with van der Waals surface area (Å²) in [6, 6.07) is 19.4. The van der Waals surface area contributed by atoms with Crippen LogP contribution in [0.5, 0.6) is 5.75 Å². The number of carbonyl (C=O) groups excluding carboxylic acids is 2. The third-order valence-corrected chi connectivity index (χ3v) is 4.69. The zero-order valence-corrected chi connectivity index (χ0v) is 16.4. The van der Waals surface area contributed by atoms with E-state index in [0.717, 1.165) is 11.1 Å². The summed E-state index contributed by atoms with van der Waals surface area (Å²) < 4.78 is 5.43. The van der Waals surface area contributed by atoms with E-state index in [1.54, 1.807) is 48.5 Å². The predicted octanol–water partition coefficient (Wildman–Crippen LogP) is 5.21. The van der Waals surface area contributed by atoms with Crippen LogP contribution in [-0.2, 0) is 4.79 Å². The molecule has 0 aromatic heterocycles. The molecule has 0 saturated carbocycles. The lowest BCUT2D eigenvalue weighted by Gasteiger charge is -2.10. The highest BCUT2D eigenvalue weighted by Crippen LogP contribution is 2.23. The summed E-state index contributed by atoms with van der Waals surface area (Å²) in [6.45, 7) is 3.80. The monoisotopic (exact) mass is 393 g/mol. The van der Waals surface area contributed by atoms with Crippen LogP contribution in [0.15, 0.2) is 66.7 Å². The third-order valence-electron chi connectivity index (χ3n) is 4.37. The third kappa shape index (κ3) is 4.78. The van der Waals surface area contributed by atoms with Crippen LogP contribution in [0.3, 0.4) is 0 Å². The van der Waals surface area contributed by atoms with Crippen molar-refractivity contribution in [3.63, 3.8) is 0 Å². The summed E-state index contributed by atoms with van der Waals surface area (Å²) >= 11 is 6.01. The van der Waals surface area contributed by atoms with Crippen LogP contribution >= 0.6 is 11.6 Å². The van der Waals surface area contributed by atoms with Gasteiger partial charge in [-0.2, -0.15) is 0 Å². The molecule has 1 amide bonds. The van der Waals surface area contributed by atoms with Crippen molar-refractivity contribution in [2.24, 2.45) is 0 Å². The summed E-state index contributed by atoms with van der Waals surface area (Å²) in [5, 5.41) is 3.18. The molecule has 0 aliphatic carbocycles. The van der Waals surface area contributed by atoms with E-state index in [2.05, 4.69) is 5.32 Å². The summed E-state index contributed by atoms with van der Waals surface area (Å²) in [5.74, 6) is 0.0141. The van der Waals surface area contributed by atoms with Crippen molar-refractivity contribution in [2.45, 2.75) is 13.8 Å². The van der Waals surface area contributed by atoms with Crippen molar-refractivity contribution in [3.8, 4) is 5.75 Å². The first kappa shape index (κ1) is 19.6. The maximum absolute atomic E-state index is 12.7. The van der Waals surface area contributed by atoms with Crippen molar-refractivity contribution in [1.29, 1.82) is 0 Å². The van der Waals surface area contributed by atoms with Crippen LogP contribution in [0.2, 0.25) is 5.02 Å². The van der Waals surface area contributed by atoms with Gasteiger partial charge in [0.05, 0.1) is 5.02 Å². The smallest absolute Gasteiger partial charge is 0.262 e. The van der Waals surface area contributed by atoms with E-state index < -0.39 is 0 Å². The molecule has 142 valence electrons. The van der Waals surface area contributed by atoms with Gasteiger partial charge in [0.25, 0.3) is 5.91 Å². The van der Waals surface area contributed by atoms with Crippen molar-refractivity contribution in [2.75, 3.05) is 11.9 Å². The first-order chi connectivity index (χ1) is 13.4. The van der Waals surface area contributed by atoms with Gasteiger partial charge in [-0.3, -0.25) is 9.59 Å². The highest BCUT2D eigenvalue weighted by atomic mass is 35.5. The lowest BCUT2D eigenvalue weighted by atomic mass is 9.99. The molecule has 0 heterocycles. The van der Waals surface area contributed by atoms with E-state index in [4.69, 9.17) is 16.3 Å². The first-order valence-corrected chi connectivity index (χ1v) is 9.21. The van der Waals surface area contributed by atoms with Crippen LogP contribution in [0.1, 0.15) is 27.0 Å². The minimum absolute atomic E-state index is 0.0912. The molecule has 0 saturated heterocycles. The fourth-order valence-electron chi connectivity index (χ4n) is 2.69. The predicted molar refractivity (Wildman–Crippen MR) is 111 cm³/mol. The number of para-hydroxylation sites is 1. The number of hydrogen-bond acceptors (Lipinski definition) is 3. The Morgan fingerprint density at radius 3 is 2.39 bits per heavy atom. The molecule has 0 atom stereocenters. The second-order valence-electron chi connectivity index (χ2n) is 6.48. The van der Waals surface area contributed by atoms with E-state index in [-0.39, 0.29) is 18.3 Å². The molecule has 0 unspecified atom stereocenters. The zero-order valence-electron chi connectivity index (χ0n) is 15.7. The fourth-order valence-corrected chi connectivity index (χ4v) is 2.88. The Bertz CT molecular complexity index is 1030. The number of anilines is 1. The number of rotatable bonds is 6. The largest absolute Gasteiger partial charge is 0.482 e. The van der Waals surface area contributed by atoms with Gasteiger partial charge in [0.1, 0.15) is 5.75 Å². The normalized spacial score (nSPS) is 10.4. The van der Waals surface area contributed by atoms with Crippen LogP contribution in [-0.4, -0.2) is 18.3 Å². The molecule has 3 aromatic rings. The molecule has 4 nitrogen and oxygen atoms in total. The Morgan fingerprint density at radius 1 is 0.893 bits per heavy atom. The molecule has 28 heavy (non-hydrogen) atoms. The molecular formula is C23H20ClNO3. The van der Waals surface area contributed by atoms with E-state index >= 15 is 0 Å². The fraction of sp³-hybridized carbons (Fsp3) is 0.130. The summed E-state index contributed by atoms with van der Waals surface area (Å²) in [4.78, 5) is 24.9. The van der Waals surface area contributed by atoms with Crippen molar-refractivity contribution in [3.05, 3.63) is 94.0 Å². The summed E-state index contributed by atoms with van der Waals surface area (Å²) in [7, 11) is 0. The van der Waals surface area contributed by atoms with Gasteiger partial charge in [-0.05, 0) is 55.3 Å². The van der Waals surface area contributed by atoms with E-state index in [1.165, 1.54) is 0 Å². The van der Waals surface area contributed by atoms with Crippen molar-refractivity contribution >= 4 is 29.0 Å². The average Bonchev–Trinajstić information content (AvgIpc) is 2.69. The molecule has 3 aromatic carbocycles. The Morgan fingerprint density at radius 2 is 1.64 bits per heavy atom. The number of aryl methyl sites for hydroxylation is 2. The number of amides is 1.